The predicted molar refractivity (Wildman–Crippen MR) is 64.4 cm³/mol. The number of ketones is 1. The van der Waals surface area contributed by atoms with Gasteiger partial charge in [-0.3, -0.25) is 4.79 Å². The molecule has 0 radical (unpaired) electrons. The van der Waals surface area contributed by atoms with Gasteiger partial charge in [-0.1, -0.05) is 12.5 Å². The van der Waals surface area contributed by atoms with Crippen molar-refractivity contribution in [3.05, 3.63) is 11.6 Å². The number of ether oxygens (including phenoxy) is 1. The maximum absolute atomic E-state index is 12.5. The molecule has 0 bridgehead atoms. The van der Waals surface area contributed by atoms with Crippen molar-refractivity contribution in [1.29, 1.82) is 0 Å². The summed E-state index contributed by atoms with van der Waals surface area (Å²) in [5.41, 5.74) is 0.581. The third-order valence-corrected chi connectivity index (χ3v) is 4.05. The fraction of sp³-hybridized carbons (Fsp3) is 0.786. The Balaban J connectivity index is 2.12. The van der Waals surface area contributed by atoms with Gasteiger partial charge in [0.25, 0.3) is 0 Å². The van der Waals surface area contributed by atoms with Gasteiger partial charge in [0, 0.05) is 7.11 Å². The van der Waals surface area contributed by atoms with E-state index in [-0.39, 0.29) is 5.78 Å². The Morgan fingerprint density at radius 1 is 1.19 bits per heavy atom. The first-order chi connectivity index (χ1) is 7.78. The summed E-state index contributed by atoms with van der Waals surface area (Å²) < 4.78 is 5.56. The summed E-state index contributed by atoms with van der Waals surface area (Å²) in [4.78, 5) is 12.5. The van der Waals surface area contributed by atoms with Gasteiger partial charge in [-0.25, -0.2) is 0 Å². The van der Waals surface area contributed by atoms with Crippen molar-refractivity contribution in [2.45, 2.75) is 63.4 Å². The molecule has 0 saturated heterocycles. The van der Waals surface area contributed by atoms with Crippen LogP contribution in [-0.2, 0) is 9.53 Å². The van der Waals surface area contributed by atoms with Crippen molar-refractivity contribution in [2.24, 2.45) is 0 Å². The number of rotatable bonds is 3. The van der Waals surface area contributed by atoms with Gasteiger partial charge in [-0.15, -0.1) is 0 Å². The van der Waals surface area contributed by atoms with Crippen molar-refractivity contribution in [2.75, 3.05) is 7.11 Å². The highest BCUT2D eigenvalue weighted by atomic mass is 16.5. The van der Waals surface area contributed by atoms with Gasteiger partial charge < -0.3 is 4.74 Å². The first-order valence-corrected chi connectivity index (χ1v) is 6.57. The highest BCUT2D eigenvalue weighted by Gasteiger charge is 2.42. The lowest BCUT2D eigenvalue weighted by molar-refractivity contribution is -0.136. The van der Waals surface area contributed by atoms with Gasteiger partial charge in [0.2, 0.25) is 0 Å². The number of allylic oxidation sites excluding steroid dienone is 1. The second kappa shape index (κ2) is 5.13. The SMILES string of the molecule is COC1(C(=O)C2=CCCCCC2)CCCC1. The van der Waals surface area contributed by atoms with E-state index in [2.05, 4.69) is 6.08 Å². The summed E-state index contributed by atoms with van der Waals surface area (Å²) in [7, 11) is 1.69. The number of carbonyl (C=O) groups is 1. The standard InChI is InChI=1S/C14H22O2/c1-16-14(10-6-7-11-14)13(15)12-8-4-2-3-5-9-12/h8H,2-7,9-11H2,1H3. The molecule has 0 aromatic heterocycles. The highest BCUT2D eigenvalue weighted by molar-refractivity contribution is 6.02. The molecule has 16 heavy (non-hydrogen) atoms. The molecule has 0 unspecified atom stereocenters. The van der Waals surface area contributed by atoms with E-state index in [1.165, 1.54) is 12.8 Å². The lowest BCUT2D eigenvalue weighted by atomic mass is 9.89. The van der Waals surface area contributed by atoms with E-state index >= 15 is 0 Å². The van der Waals surface area contributed by atoms with Gasteiger partial charge in [0.15, 0.2) is 5.78 Å². The van der Waals surface area contributed by atoms with Crippen molar-refractivity contribution < 1.29 is 9.53 Å². The Labute approximate surface area is 98.1 Å². The Morgan fingerprint density at radius 2 is 1.94 bits per heavy atom. The minimum Gasteiger partial charge on any atom is -0.370 e. The Bertz CT molecular complexity index is 285. The summed E-state index contributed by atoms with van der Waals surface area (Å²) in [5.74, 6) is 0.286. The minimum absolute atomic E-state index is 0.286. The zero-order valence-corrected chi connectivity index (χ0v) is 10.3. The van der Waals surface area contributed by atoms with Crippen LogP contribution in [0.3, 0.4) is 0 Å². The molecule has 0 aliphatic heterocycles. The summed E-state index contributed by atoms with van der Waals surface area (Å²) >= 11 is 0. The summed E-state index contributed by atoms with van der Waals surface area (Å²) in [5, 5.41) is 0. The third kappa shape index (κ3) is 2.22. The second-order valence-corrected chi connectivity index (χ2v) is 5.06. The van der Waals surface area contributed by atoms with Crippen LogP contribution in [-0.4, -0.2) is 18.5 Å². The van der Waals surface area contributed by atoms with Crippen molar-refractivity contribution >= 4 is 5.78 Å². The maximum Gasteiger partial charge on any atom is 0.190 e. The molecule has 2 heteroatoms. The lowest BCUT2D eigenvalue weighted by Gasteiger charge is -2.26. The lowest BCUT2D eigenvalue weighted by Crippen LogP contribution is -2.38. The van der Waals surface area contributed by atoms with Gasteiger partial charge in [-0.2, -0.15) is 0 Å². The summed E-state index contributed by atoms with van der Waals surface area (Å²) in [6.45, 7) is 0. The minimum atomic E-state index is -0.462. The molecule has 1 saturated carbocycles. The summed E-state index contributed by atoms with van der Waals surface area (Å²) in [6, 6.07) is 0. The Kier molecular flexibility index (Phi) is 3.80. The molecular weight excluding hydrogens is 200 g/mol. The average molecular weight is 222 g/mol. The molecule has 0 heterocycles. The molecule has 0 spiro atoms. The molecule has 2 nitrogen and oxygen atoms in total. The second-order valence-electron chi connectivity index (χ2n) is 5.06. The number of hydrogen-bond donors (Lipinski definition) is 0. The van der Waals surface area contributed by atoms with E-state index in [1.54, 1.807) is 7.11 Å². The van der Waals surface area contributed by atoms with Crippen molar-refractivity contribution in [1.82, 2.24) is 0 Å². The molecule has 0 aromatic carbocycles. The van der Waals surface area contributed by atoms with Gasteiger partial charge in [0.1, 0.15) is 5.60 Å². The smallest absolute Gasteiger partial charge is 0.190 e. The van der Waals surface area contributed by atoms with E-state index in [0.717, 1.165) is 50.5 Å². The maximum atomic E-state index is 12.5. The van der Waals surface area contributed by atoms with Crippen LogP contribution in [0.15, 0.2) is 11.6 Å². The van der Waals surface area contributed by atoms with E-state index < -0.39 is 5.60 Å². The molecule has 2 aliphatic carbocycles. The topological polar surface area (TPSA) is 26.3 Å². The van der Waals surface area contributed by atoms with Gasteiger partial charge >= 0.3 is 0 Å². The van der Waals surface area contributed by atoms with E-state index in [0.29, 0.717) is 0 Å². The van der Waals surface area contributed by atoms with Gasteiger partial charge in [0.05, 0.1) is 0 Å². The van der Waals surface area contributed by atoms with E-state index in [1.807, 2.05) is 0 Å². The molecule has 0 N–H and O–H groups in total. The molecule has 1 fully saturated rings. The largest absolute Gasteiger partial charge is 0.370 e. The zero-order valence-electron chi connectivity index (χ0n) is 10.3. The van der Waals surface area contributed by atoms with E-state index in [9.17, 15) is 4.79 Å². The Morgan fingerprint density at radius 3 is 2.62 bits per heavy atom. The Hall–Kier alpha value is -0.630. The van der Waals surface area contributed by atoms with Crippen LogP contribution in [0.5, 0.6) is 0 Å². The molecule has 90 valence electrons. The number of Topliss-reactive ketones (excluding diaryl/α,β-unsaturated/α-hetero) is 1. The zero-order chi connectivity index (χ0) is 11.4. The molecule has 2 aliphatic rings. The van der Waals surface area contributed by atoms with Crippen LogP contribution < -0.4 is 0 Å². The molecule has 2 rings (SSSR count). The first kappa shape index (κ1) is 11.8. The average Bonchev–Trinajstić information content (AvgIpc) is 2.64. The van der Waals surface area contributed by atoms with Crippen LogP contribution in [0.4, 0.5) is 0 Å². The molecule has 0 aromatic rings. The fourth-order valence-corrected chi connectivity index (χ4v) is 2.98. The number of carbonyl (C=O) groups excluding carboxylic acids is 1. The number of methoxy groups -OCH3 is 1. The summed E-state index contributed by atoms with van der Waals surface area (Å²) in [6.07, 6.45) is 11.9. The quantitative estimate of drug-likeness (QED) is 0.731. The first-order valence-electron chi connectivity index (χ1n) is 6.57. The number of hydrogen-bond acceptors (Lipinski definition) is 2. The third-order valence-electron chi connectivity index (χ3n) is 4.05. The van der Waals surface area contributed by atoms with Crippen LogP contribution in [0.25, 0.3) is 0 Å². The van der Waals surface area contributed by atoms with Crippen molar-refractivity contribution in [3.63, 3.8) is 0 Å². The highest BCUT2D eigenvalue weighted by Crippen LogP contribution is 2.36. The monoisotopic (exact) mass is 222 g/mol. The molecular formula is C14H22O2. The van der Waals surface area contributed by atoms with E-state index in [4.69, 9.17) is 4.74 Å². The molecule has 0 atom stereocenters. The van der Waals surface area contributed by atoms with Crippen LogP contribution >= 0.6 is 0 Å². The molecule has 0 amide bonds. The van der Waals surface area contributed by atoms with Gasteiger partial charge in [-0.05, 0) is 56.9 Å². The normalized spacial score (nSPS) is 24.9. The fourth-order valence-electron chi connectivity index (χ4n) is 2.98. The predicted octanol–water partition coefficient (Wildman–Crippen LogP) is 3.41. The van der Waals surface area contributed by atoms with Crippen LogP contribution in [0.2, 0.25) is 0 Å². The van der Waals surface area contributed by atoms with Crippen molar-refractivity contribution in [3.8, 4) is 0 Å². The van der Waals surface area contributed by atoms with Crippen LogP contribution in [0, 0.1) is 0 Å². The van der Waals surface area contributed by atoms with Crippen LogP contribution in [0.1, 0.15) is 57.8 Å².